The Bertz CT molecular complexity index is 587. The van der Waals surface area contributed by atoms with E-state index in [1.54, 1.807) is 12.4 Å². The monoisotopic (exact) mass is 276 g/mol. The number of aromatic amines is 1. The fourth-order valence-corrected chi connectivity index (χ4v) is 2.26. The van der Waals surface area contributed by atoms with Crippen molar-refractivity contribution in [2.75, 3.05) is 6.61 Å². The highest BCUT2D eigenvalue weighted by Crippen LogP contribution is 2.20. The van der Waals surface area contributed by atoms with Crippen LogP contribution in [0, 0.1) is 17.7 Å². The molecule has 1 heterocycles. The molecule has 0 amide bonds. The summed E-state index contributed by atoms with van der Waals surface area (Å²) in [5, 5.41) is 9.46. The van der Waals surface area contributed by atoms with E-state index in [9.17, 15) is 4.39 Å². The summed E-state index contributed by atoms with van der Waals surface area (Å²) in [5.41, 5.74) is 1.48. The molecule has 0 unspecified atom stereocenters. The molecule has 5 heteroatoms. The number of imidazole rings is 1. The minimum absolute atomic E-state index is 0.0174. The van der Waals surface area contributed by atoms with E-state index in [2.05, 4.69) is 21.8 Å². The highest BCUT2D eigenvalue weighted by Gasteiger charge is 2.02. The molecule has 0 aliphatic heterocycles. The van der Waals surface area contributed by atoms with Gasteiger partial charge in [0.1, 0.15) is 5.82 Å². The molecule has 0 bridgehead atoms. The number of hydrogen-bond acceptors (Lipinski definition) is 3. The molecule has 1 aromatic heterocycles. The van der Waals surface area contributed by atoms with Crippen LogP contribution in [-0.4, -0.2) is 21.7 Å². The van der Waals surface area contributed by atoms with E-state index in [0.29, 0.717) is 17.7 Å². The lowest BCUT2D eigenvalue weighted by Crippen LogP contribution is -1.88. The number of aliphatic hydroxyl groups is 1. The summed E-state index contributed by atoms with van der Waals surface area (Å²) < 4.78 is 13.5. The Morgan fingerprint density at radius 3 is 3.00 bits per heavy atom. The van der Waals surface area contributed by atoms with Crippen LogP contribution in [0.1, 0.15) is 17.5 Å². The van der Waals surface area contributed by atoms with Gasteiger partial charge in [0.2, 0.25) is 0 Å². The fourth-order valence-electron chi connectivity index (χ4n) is 1.51. The third-order valence-electron chi connectivity index (χ3n) is 2.28. The second-order valence-corrected chi connectivity index (χ2v) is 4.77. The summed E-state index contributed by atoms with van der Waals surface area (Å²) in [6.45, 7) is 0.0174. The molecule has 19 heavy (non-hydrogen) atoms. The Labute approximate surface area is 115 Å². The van der Waals surface area contributed by atoms with E-state index >= 15 is 0 Å². The zero-order chi connectivity index (χ0) is 13.5. The van der Waals surface area contributed by atoms with Crippen molar-refractivity contribution in [1.82, 2.24) is 9.97 Å². The summed E-state index contributed by atoms with van der Waals surface area (Å²) in [6, 6.07) is 4.74. The number of nitrogens with one attached hydrogen (secondary N) is 1. The van der Waals surface area contributed by atoms with Crippen molar-refractivity contribution in [3.05, 3.63) is 47.5 Å². The van der Waals surface area contributed by atoms with Gasteiger partial charge in [-0.2, -0.15) is 0 Å². The van der Waals surface area contributed by atoms with E-state index in [1.165, 1.54) is 23.9 Å². The molecule has 2 N–H and O–H groups in total. The van der Waals surface area contributed by atoms with Gasteiger partial charge < -0.3 is 10.1 Å². The highest BCUT2D eigenvalue weighted by molar-refractivity contribution is 7.98. The number of H-pyrrole nitrogens is 1. The Kier molecular flexibility index (Phi) is 5.01. The third-order valence-corrected chi connectivity index (χ3v) is 3.25. The molecule has 98 valence electrons. The van der Waals surface area contributed by atoms with E-state index in [0.717, 1.165) is 10.7 Å². The smallest absolute Gasteiger partial charge is 0.165 e. The zero-order valence-electron chi connectivity index (χ0n) is 10.2. The first-order valence-electron chi connectivity index (χ1n) is 5.79. The summed E-state index contributed by atoms with van der Waals surface area (Å²) in [7, 11) is 0. The standard InChI is InChI=1S/C14H13FN2OS/c15-13-8-11(3-1-2-6-18)7-12(9-13)10-19-14-16-4-5-17-14/h4-5,7-9,18H,2,6,10H2,(H,16,17). The van der Waals surface area contributed by atoms with Crippen molar-refractivity contribution in [2.24, 2.45) is 0 Å². The Balaban J connectivity index is 2.06. The largest absolute Gasteiger partial charge is 0.395 e. The molecule has 0 spiro atoms. The van der Waals surface area contributed by atoms with E-state index < -0.39 is 0 Å². The number of aliphatic hydroxyl groups excluding tert-OH is 1. The first-order valence-corrected chi connectivity index (χ1v) is 6.78. The van der Waals surface area contributed by atoms with Crippen LogP contribution in [0.3, 0.4) is 0 Å². The number of rotatable bonds is 4. The van der Waals surface area contributed by atoms with Crippen molar-refractivity contribution in [2.45, 2.75) is 17.3 Å². The molecule has 0 saturated carbocycles. The van der Waals surface area contributed by atoms with Gasteiger partial charge in [-0.05, 0) is 23.8 Å². The van der Waals surface area contributed by atoms with Crippen LogP contribution in [0.15, 0.2) is 35.7 Å². The first-order chi connectivity index (χ1) is 9.28. The summed E-state index contributed by atoms with van der Waals surface area (Å²) in [4.78, 5) is 7.08. The van der Waals surface area contributed by atoms with Crippen molar-refractivity contribution in [1.29, 1.82) is 0 Å². The molecule has 1 aromatic carbocycles. The van der Waals surface area contributed by atoms with Crippen LogP contribution in [-0.2, 0) is 5.75 Å². The minimum Gasteiger partial charge on any atom is -0.395 e. The first kappa shape index (κ1) is 13.7. The number of hydrogen-bond donors (Lipinski definition) is 2. The topological polar surface area (TPSA) is 48.9 Å². The molecule has 0 radical (unpaired) electrons. The number of aromatic nitrogens is 2. The van der Waals surface area contributed by atoms with Gasteiger partial charge in [0.15, 0.2) is 5.16 Å². The van der Waals surface area contributed by atoms with Gasteiger partial charge in [0.05, 0.1) is 6.61 Å². The lowest BCUT2D eigenvalue weighted by molar-refractivity contribution is 0.305. The highest BCUT2D eigenvalue weighted by atomic mass is 32.2. The van der Waals surface area contributed by atoms with Gasteiger partial charge in [-0.1, -0.05) is 23.6 Å². The average molecular weight is 276 g/mol. The maximum atomic E-state index is 13.5. The fraction of sp³-hybridized carbons (Fsp3) is 0.214. The predicted molar refractivity (Wildman–Crippen MR) is 73.1 cm³/mol. The molecule has 3 nitrogen and oxygen atoms in total. The predicted octanol–water partition coefficient (Wildman–Crippen LogP) is 2.58. The quantitative estimate of drug-likeness (QED) is 0.666. The van der Waals surface area contributed by atoms with Crippen molar-refractivity contribution < 1.29 is 9.50 Å². The summed E-state index contributed by atoms with van der Waals surface area (Å²) in [6.07, 6.45) is 3.83. The Morgan fingerprint density at radius 2 is 2.26 bits per heavy atom. The average Bonchev–Trinajstić information content (AvgIpc) is 2.89. The molecular weight excluding hydrogens is 263 g/mol. The molecule has 0 aliphatic carbocycles. The van der Waals surface area contributed by atoms with Crippen LogP contribution < -0.4 is 0 Å². The van der Waals surface area contributed by atoms with Crippen LogP contribution >= 0.6 is 11.8 Å². The second kappa shape index (κ2) is 6.98. The van der Waals surface area contributed by atoms with E-state index in [-0.39, 0.29) is 12.4 Å². The van der Waals surface area contributed by atoms with Gasteiger partial charge in [0, 0.05) is 30.1 Å². The SMILES string of the molecule is OCCC#Cc1cc(F)cc(CSc2ncc[nH]2)c1. The maximum Gasteiger partial charge on any atom is 0.165 e. The molecule has 2 aromatic rings. The van der Waals surface area contributed by atoms with E-state index in [1.807, 2.05) is 6.07 Å². The summed E-state index contributed by atoms with van der Waals surface area (Å²) >= 11 is 1.50. The normalized spacial score (nSPS) is 10.0. The molecule has 0 atom stereocenters. The van der Waals surface area contributed by atoms with Crippen molar-refractivity contribution in [3.8, 4) is 11.8 Å². The van der Waals surface area contributed by atoms with Gasteiger partial charge in [-0.3, -0.25) is 0 Å². The molecular formula is C14H13FN2OS. The summed E-state index contributed by atoms with van der Waals surface area (Å²) in [5.74, 6) is 5.95. The molecule has 0 fully saturated rings. The number of nitrogens with zero attached hydrogens (tertiary/aromatic N) is 1. The van der Waals surface area contributed by atoms with Gasteiger partial charge >= 0.3 is 0 Å². The molecule has 2 rings (SSSR count). The van der Waals surface area contributed by atoms with Crippen LogP contribution in [0.4, 0.5) is 4.39 Å². The third kappa shape index (κ3) is 4.43. The molecule has 0 aliphatic rings. The lowest BCUT2D eigenvalue weighted by atomic mass is 10.1. The Hall–Kier alpha value is -1.77. The van der Waals surface area contributed by atoms with Crippen LogP contribution in [0.5, 0.6) is 0 Å². The van der Waals surface area contributed by atoms with Crippen molar-refractivity contribution >= 4 is 11.8 Å². The maximum absolute atomic E-state index is 13.5. The van der Waals surface area contributed by atoms with Gasteiger partial charge in [0.25, 0.3) is 0 Å². The van der Waals surface area contributed by atoms with Crippen LogP contribution in [0.25, 0.3) is 0 Å². The van der Waals surface area contributed by atoms with Gasteiger partial charge in [-0.15, -0.1) is 0 Å². The lowest BCUT2D eigenvalue weighted by Gasteiger charge is -2.01. The zero-order valence-corrected chi connectivity index (χ0v) is 11.0. The molecule has 0 saturated heterocycles. The number of benzene rings is 1. The second-order valence-electron chi connectivity index (χ2n) is 3.81. The van der Waals surface area contributed by atoms with Crippen LogP contribution in [0.2, 0.25) is 0 Å². The number of halogens is 1. The van der Waals surface area contributed by atoms with E-state index in [4.69, 9.17) is 5.11 Å². The Morgan fingerprint density at radius 1 is 1.37 bits per heavy atom. The van der Waals surface area contributed by atoms with Gasteiger partial charge in [-0.25, -0.2) is 9.37 Å². The number of thioether (sulfide) groups is 1. The van der Waals surface area contributed by atoms with Crippen molar-refractivity contribution in [3.63, 3.8) is 0 Å². The minimum atomic E-state index is -0.300.